The van der Waals surface area contributed by atoms with Crippen molar-refractivity contribution in [2.75, 3.05) is 13.2 Å². The van der Waals surface area contributed by atoms with Gasteiger partial charge in [0, 0.05) is 24.3 Å². The third-order valence-electron chi connectivity index (χ3n) is 5.61. The first-order valence-corrected chi connectivity index (χ1v) is 12.7. The summed E-state index contributed by atoms with van der Waals surface area (Å²) in [7, 11) is 0. The second-order valence-corrected chi connectivity index (χ2v) is 9.59. The molecule has 1 amide bonds. The Hall–Kier alpha value is -4.26. The van der Waals surface area contributed by atoms with Crippen molar-refractivity contribution in [3.63, 3.8) is 0 Å². The number of imidazole rings is 1. The molecule has 5 rings (SSSR count). The third kappa shape index (κ3) is 5.61. The highest BCUT2D eigenvalue weighted by Gasteiger charge is 2.21. The molecule has 0 saturated heterocycles. The Balaban J connectivity index is 1.43. The molecular formula is C24H25N7O5S. The van der Waals surface area contributed by atoms with Crippen molar-refractivity contribution in [2.24, 2.45) is 4.99 Å². The predicted octanol–water partition coefficient (Wildman–Crippen LogP) is 0.864. The van der Waals surface area contributed by atoms with Crippen LogP contribution in [0, 0.1) is 0 Å². The molecule has 4 heterocycles. The number of rotatable bonds is 9. The van der Waals surface area contributed by atoms with Gasteiger partial charge >= 0.3 is 11.7 Å². The zero-order valence-corrected chi connectivity index (χ0v) is 20.8. The van der Waals surface area contributed by atoms with Gasteiger partial charge in [0.25, 0.3) is 5.91 Å². The first kappa shape index (κ1) is 24.4. The molecule has 37 heavy (non-hydrogen) atoms. The largest absolute Gasteiger partial charge is 0.493 e. The SMILES string of the molecule is CCOC(=O)CCCNC(=O)c1ccc(-c2cc(=NC3CC3)n3ncc(=Cc4[nH]c(=O)[nH]c4O)c3n2)s1. The predicted molar refractivity (Wildman–Crippen MR) is 135 cm³/mol. The van der Waals surface area contributed by atoms with E-state index in [0.717, 1.165) is 17.7 Å². The molecule has 192 valence electrons. The summed E-state index contributed by atoms with van der Waals surface area (Å²) >= 11 is 1.30. The number of nitrogens with zero attached hydrogens (tertiary/aromatic N) is 4. The number of aromatic nitrogens is 5. The van der Waals surface area contributed by atoms with Crippen LogP contribution >= 0.6 is 11.3 Å². The Morgan fingerprint density at radius 2 is 2.19 bits per heavy atom. The average molecular weight is 524 g/mol. The van der Waals surface area contributed by atoms with Crippen molar-refractivity contribution >= 4 is 34.9 Å². The Bertz CT molecular complexity index is 1640. The Labute approximate surface area is 213 Å². The smallest absolute Gasteiger partial charge is 0.326 e. The molecule has 0 spiro atoms. The quantitative estimate of drug-likeness (QED) is 0.186. The monoisotopic (exact) mass is 523 g/mol. The number of nitrogens with one attached hydrogen (secondary N) is 3. The number of fused-ring (bicyclic) bond motifs is 1. The lowest BCUT2D eigenvalue weighted by Gasteiger charge is -2.04. The number of aromatic hydroxyl groups is 1. The van der Waals surface area contributed by atoms with Crippen molar-refractivity contribution in [3.8, 4) is 16.5 Å². The van der Waals surface area contributed by atoms with E-state index in [0.29, 0.717) is 46.5 Å². The van der Waals surface area contributed by atoms with Gasteiger partial charge in [0.1, 0.15) is 5.69 Å². The molecule has 1 fully saturated rings. The summed E-state index contributed by atoms with van der Waals surface area (Å²) in [5.74, 6) is -0.785. The van der Waals surface area contributed by atoms with Gasteiger partial charge in [0.05, 0.1) is 34.3 Å². The lowest BCUT2D eigenvalue weighted by Crippen LogP contribution is -2.24. The summed E-state index contributed by atoms with van der Waals surface area (Å²) in [5, 5.41) is 17.8. The molecule has 4 aromatic heterocycles. The van der Waals surface area contributed by atoms with Gasteiger partial charge in [0.2, 0.25) is 5.88 Å². The molecule has 0 unspecified atom stereocenters. The highest BCUT2D eigenvalue weighted by Crippen LogP contribution is 2.27. The summed E-state index contributed by atoms with van der Waals surface area (Å²) < 4.78 is 6.52. The number of H-pyrrole nitrogens is 2. The van der Waals surface area contributed by atoms with Crippen molar-refractivity contribution in [1.29, 1.82) is 0 Å². The molecule has 4 N–H and O–H groups in total. The Morgan fingerprint density at radius 1 is 1.35 bits per heavy atom. The number of thiophene rings is 1. The van der Waals surface area contributed by atoms with E-state index in [1.165, 1.54) is 11.3 Å². The molecule has 1 saturated carbocycles. The number of hydrogen-bond acceptors (Lipinski definition) is 9. The number of carbonyl (C=O) groups excluding carboxylic acids is 2. The van der Waals surface area contributed by atoms with Crippen molar-refractivity contribution < 1.29 is 19.4 Å². The number of hydrogen-bond donors (Lipinski definition) is 4. The highest BCUT2D eigenvalue weighted by molar-refractivity contribution is 7.17. The summed E-state index contributed by atoms with van der Waals surface area (Å²) in [6, 6.07) is 5.63. The lowest BCUT2D eigenvalue weighted by molar-refractivity contribution is -0.143. The van der Waals surface area contributed by atoms with E-state index in [9.17, 15) is 19.5 Å². The first-order chi connectivity index (χ1) is 17.9. The van der Waals surface area contributed by atoms with Gasteiger partial charge in [0.15, 0.2) is 11.1 Å². The van der Waals surface area contributed by atoms with Crippen LogP contribution in [0.25, 0.3) is 22.3 Å². The number of aromatic amines is 2. The molecule has 0 radical (unpaired) electrons. The van der Waals surface area contributed by atoms with Crippen LogP contribution in [0.5, 0.6) is 5.88 Å². The highest BCUT2D eigenvalue weighted by atomic mass is 32.1. The maximum absolute atomic E-state index is 12.6. The molecule has 1 aliphatic rings. The second-order valence-electron chi connectivity index (χ2n) is 8.51. The van der Waals surface area contributed by atoms with Gasteiger partial charge < -0.3 is 20.1 Å². The molecular weight excluding hydrogens is 498 g/mol. The van der Waals surface area contributed by atoms with Crippen LogP contribution in [-0.2, 0) is 9.53 Å². The van der Waals surface area contributed by atoms with Crippen LogP contribution in [0.2, 0.25) is 0 Å². The number of esters is 1. The van der Waals surface area contributed by atoms with Gasteiger partial charge in [-0.05, 0) is 44.4 Å². The van der Waals surface area contributed by atoms with E-state index >= 15 is 0 Å². The fourth-order valence-electron chi connectivity index (χ4n) is 3.67. The van der Waals surface area contributed by atoms with E-state index in [1.807, 2.05) is 12.1 Å². The molecule has 0 aliphatic heterocycles. The van der Waals surface area contributed by atoms with Gasteiger partial charge in [-0.3, -0.25) is 19.6 Å². The lowest BCUT2D eigenvalue weighted by atomic mass is 10.3. The molecule has 0 bridgehead atoms. The third-order valence-corrected chi connectivity index (χ3v) is 6.71. The van der Waals surface area contributed by atoms with Gasteiger partial charge in [-0.15, -0.1) is 11.3 Å². The summed E-state index contributed by atoms with van der Waals surface area (Å²) in [6.45, 7) is 2.46. The van der Waals surface area contributed by atoms with Gasteiger partial charge in [-0.2, -0.15) is 9.61 Å². The van der Waals surface area contributed by atoms with Crippen LogP contribution in [0.15, 0.2) is 34.2 Å². The van der Waals surface area contributed by atoms with Crippen LogP contribution in [0.4, 0.5) is 0 Å². The molecule has 4 aromatic rings. The molecule has 12 nitrogen and oxygen atoms in total. The minimum atomic E-state index is -0.524. The Kier molecular flexibility index (Phi) is 6.86. The van der Waals surface area contributed by atoms with E-state index in [2.05, 4.69) is 20.4 Å². The zero-order chi connectivity index (χ0) is 25.9. The van der Waals surface area contributed by atoms with Gasteiger partial charge in [-0.25, -0.2) is 9.78 Å². The fraction of sp³-hybridized carbons (Fsp3) is 0.333. The van der Waals surface area contributed by atoms with Crippen molar-refractivity contribution in [2.45, 2.75) is 38.6 Å². The van der Waals surface area contributed by atoms with Crippen LogP contribution in [0.1, 0.15) is 48.0 Å². The minimum Gasteiger partial charge on any atom is -0.493 e. The maximum atomic E-state index is 12.6. The summed E-state index contributed by atoms with van der Waals surface area (Å²) in [4.78, 5) is 51.2. The average Bonchev–Trinajstić information content (AvgIpc) is 3.24. The number of carbonyl (C=O) groups is 2. The second kappa shape index (κ2) is 10.4. The van der Waals surface area contributed by atoms with Crippen LogP contribution in [-0.4, -0.2) is 60.7 Å². The molecule has 0 aromatic carbocycles. The van der Waals surface area contributed by atoms with Crippen LogP contribution in [0.3, 0.4) is 0 Å². The molecule has 0 atom stereocenters. The number of ether oxygens (including phenoxy) is 1. The normalized spacial score (nSPS) is 14.4. The summed E-state index contributed by atoms with van der Waals surface area (Å²) in [5.41, 5.74) is 1.44. The zero-order valence-electron chi connectivity index (χ0n) is 20.0. The fourth-order valence-corrected chi connectivity index (χ4v) is 4.56. The standard InChI is InChI=1S/C24H25N7O5S/c1-2-36-20(32)4-3-9-25-23(34)18-8-7-17(37-18)15-11-19(27-14-5-6-14)31-21(28-15)13(12-26-31)10-16-22(33)30-24(35)29-16/h7-8,10-12,14,33H,2-6,9H2,1H3,(H,25,34)(H2,29,30,35). The van der Waals surface area contributed by atoms with Crippen molar-refractivity contribution in [1.82, 2.24) is 29.9 Å². The van der Waals surface area contributed by atoms with Crippen molar-refractivity contribution in [3.05, 3.63) is 56.2 Å². The molecule has 13 heteroatoms. The maximum Gasteiger partial charge on any atom is 0.326 e. The van der Waals surface area contributed by atoms with E-state index < -0.39 is 5.69 Å². The van der Waals surface area contributed by atoms with E-state index in [1.54, 1.807) is 29.8 Å². The van der Waals surface area contributed by atoms with Gasteiger partial charge in [-0.1, -0.05) is 0 Å². The molecule has 1 aliphatic carbocycles. The topological polar surface area (TPSA) is 167 Å². The summed E-state index contributed by atoms with van der Waals surface area (Å²) in [6.07, 6.45) is 5.94. The number of amides is 1. The van der Waals surface area contributed by atoms with E-state index in [-0.39, 0.29) is 35.9 Å². The van der Waals surface area contributed by atoms with Crippen LogP contribution < -0.4 is 21.7 Å². The minimum absolute atomic E-state index is 0.214. The first-order valence-electron chi connectivity index (χ1n) is 11.9. The van der Waals surface area contributed by atoms with E-state index in [4.69, 9.17) is 14.7 Å². The Morgan fingerprint density at radius 3 is 2.92 bits per heavy atom.